The second-order valence-electron chi connectivity index (χ2n) is 3.88. The van der Waals surface area contributed by atoms with E-state index < -0.39 is 0 Å². The first-order valence-electron chi connectivity index (χ1n) is 5.20. The van der Waals surface area contributed by atoms with Crippen LogP contribution in [-0.4, -0.2) is 9.67 Å². The Labute approximate surface area is 100 Å². The summed E-state index contributed by atoms with van der Waals surface area (Å²) in [5, 5.41) is 9.92. The Hall–Kier alpha value is -1.25. The fraction of sp³-hybridized carbons (Fsp3) is 0.231. The molecule has 0 aliphatic heterocycles. The Morgan fingerprint density at radius 1 is 1.31 bits per heavy atom. The third kappa shape index (κ3) is 2.29. The SMILES string of the molecule is Cc1ccc(Cn2cccc2CO)c(Cl)c1. The highest BCUT2D eigenvalue weighted by Gasteiger charge is 2.04. The van der Waals surface area contributed by atoms with Crippen molar-refractivity contribution >= 4 is 11.6 Å². The lowest BCUT2D eigenvalue weighted by Gasteiger charge is -2.09. The smallest absolute Gasteiger partial charge is 0.0832 e. The maximum atomic E-state index is 9.14. The van der Waals surface area contributed by atoms with Crippen molar-refractivity contribution < 1.29 is 5.11 Å². The number of aliphatic hydroxyl groups is 1. The summed E-state index contributed by atoms with van der Waals surface area (Å²) in [6, 6.07) is 9.86. The zero-order valence-corrected chi connectivity index (χ0v) is 9.91. The minimum atomic E-state index is 0.0521. The molecule has 0 unspecified atom stereocenters. The summed E-state index contributed by atoms with van der Waals surface area (Å²) in [7, 11) is 0. The zero-order chi connectivity index (χ0) is 11.5. The summed E-state index contributed by atoms with van der Waals surface area (Å²) in [6.45, 7) is 2.77. The van der Waals surface area contributed by atoms with E-state index in [0.29, 0.717) is 6.54 Å². The van der Waals surface area contributed by atoms with Crippen LogP contribution in [0.5, 0.6) is 0 Å². The summed E-state index contributed by atoms with van der Waals surface area (Å²) >= 11 is 6.17. The highest BCUT2D eigenvalue weighted by atomic mass is 35.5. The molecule has 0 spiro atoms. The number of aliphatic hydroxyl groups excluding tert-OH is 1. The van der Waals surface area contributed by atoms with Gasteiger partial charge in [0, 0.05) is 23.5 Å². The number of rotatable bonds is 3. The molecule has 1 aromatic heterocycles. The van der Waals surface area contributed by atoms with Gasteiger partial charge in [-0.2, -0.15) is 0 Å². The van der Waals surface area contributed by atoms with Crippen molar-refractivity contribution in [2.45, 2.75) is 20.1 Å². The Balaban J connectivity index is 2.27. The van der Waals surface area contributed by atoms with Gasteiger partial charge >= 0.3 is 0 Å². The van der Waals surface area contributed by atoms with Gasteiger partial charge in [-0.15, -0.1) is 0 Å². The van der Waals surface area contributed by atoms with Crippen LogP contribution in [-0.2, 0) is 13.2 Å². The zero-order valence-electron chi connectivity index (χ0n) is 9.15. The number of nitrogens with zero attached hydrogens (tertiary/aromatic N) is 1. The highest BCUT2D eigenvalue weighted by molar-refractivity contribution is 6.31. The van der Waals surface area contributed by atoms with Gasteiger partial charge in [-0.3, -0.25) is 0 Å². The van der Waals surface area contributed by atoms with Gasteiger partial charge < -0.3 is 9.67 Å². The number of aryl methyl sites for hydroxylation is 1. The van der Waals surface area contributed by atoms with Crippen LogP contribution in [0.4, 0.5) is 0 Å². The maximum Gasteiger partial charge on any atom is 0.0832 e. The summed E-state index contributed by atoms with van der Waals surface area (Å²) in [4.78, 5) is 0. The normalized spacial score (nSPS) is 10.7. The molecule has 16 heavy (non-hydrogen) atoms. The summed E-state index contributed by atoms with van der Waals surface area (Å²) in [5.74, 6) is 0. The molecule has 0 fully saturated rings. The van der Waals surface area contributed by atoms with Crippen molar-refractivity contribution in [2.24, 2.45) is 0 Å². The molecule has 0 saturated heterocycles. The van der Waals surface area contributed by atoms with E-state index >= 15 is 0 Å². The van der Waals surface area contributed by atoms with Crippen LogP contribution < -0.4 is 0 Å². The Morgan fingerprint density at radius 3 is 2.81 bits per heavy atom. The minimum absolute atomic E-state index is 0.0521. The summed E-state index contributed by atoms with van der Waals surface area (Å²) < 4.78 is 2.00. The molecule has 84 valence electrons. The molecule has 0 saturated carbocycles. The van der Waals surface area contributed by atoms with E-state index in [1.54, 1.807) is 0 Å². The van der Waals surface area contributed by atoms with Crippen LogP contribution in [0, 0.1) is 6.92 Å². The summed E-state index contributed by atoms with van der Waals surface area (Å²) in [6.07, 6.45) is 1.95. The van der Waals surface area contributed by atoms with Gasteiger partial charge in [0.2, 0.25) is 0 Å². The summed E-state index contributed by atoms with van der Waals surface area (Å²) in [5.41, 5.74) is 3.12. The highest BCUT2D eigenvalue weighted by Crippen LogP contribution is 2.19. The number of halogens is 1. The molecule has 2 rings (SSSR count). The first-order chi connectivity index (χ1) is 7.70. The first-order valence-corrected chi connectivity index (χ1v) is 5.58. The van der Waals surface area contributed by atoms with Gasteiger partial charge in [0.15, 0.2) is 0 Å². The van der Waals surface area contributed by atoms with E-state index in [9.17, 15) is 0 Å². The van der Waals surface area contributed by atoms with Crippen LogP contribution in [0.3, 0.4) is 0 Å². The fourth-order valence-corrected chi connectivity index (χ4v) is 2.01. The molecule has 2 nitrogen and oxygen atoms in total. The Bertz CT molecular complexity index is 490. The van der Waals surface area contributed by atoms with Gasteiger partial charge in [0.1, 0.15) is 0 Å². The van der Waals surface area contributed by atoms with Crippen LogP contribution >= 0.6 is 11.6 Å². The van der Waals surface area contributed by atoms with E-state index in [1.807, 2.05) is 48.0 Å². The van der Waals surface area contributed by atoms with E-state index in [-0.39, 0.29) is 6.61 Å². The molecule has 0 bridgehead atoms. The first kappa shape index (κ1) is 11.2. The van der Waals surface area contributed by atoms with Crippen LogP contribution in [0.2, 0.25) is 5.02 Å². The maximum absolute atomic E-state index is 9.14. The molecule has 0 aliphatic rings. The average molecular weight is 236 g/mol. The molecule has 0 atom stereocenters. The third-order valence-electron chi connectivity index (χ3n) is 2.63. The fourth-order valence-electron chi connectivity index (χ4n) is 1.71. The average Bonchev–Trinajstić information content (AvgIpc) is 2.69. The van der Waals surface area contributed by atoms with E-state index in [0.717, 1.165) is 21.8 Å². The molecule has 2 aromatic rings. The van der Waals surface area contributed by atoms with Crippen molar-refractivity contribution in [3.63, 3.8) is 0 Å². The lowest BCUT2D eigenvalue weighted by molar-refractivity contribution is 0.271. The molecule has 1 aromatic carbocycles. The van der Waals surface area contributed by atoms with Crippen LogP contribution in [0.15, 0.2) is 36.5 Å². The monoisotopic (exact) mass is 235 g/mol. The predicted octanol–water partition coefficient (Wildman–Crippen LogP) is 2.99. The molecule has 1 heterocycles. The molecular formula is C13H14ClNO. The number of aromatic nitrogens is 1. The van der Waals surface area contributed by atoms with Crippen molar-refractivity contribution in [3.05, 3.63) is 58.4 Å². The standard InChI is InChI=1S/C13H14ClNO/c1-10-4-5-11(13(14)7-10)8-15-6-2-3-12(15)9-16/h2-7,16H,8-9H2,1H3. The van der Waals surface area contributed by atoms with Crippen molar-refractivity contribution in [3.8, 4) is 0 Å². The van der Waals surface area contributed by atoms with Gasteiger partial charge in [-0.05, 0) is 36.2 Å². The van der Waals surface area contributed by atoms with Gasteiger partial charge in [-0.25, -0.2) is 0 Å². The number of hydrogen-bond donors (Lipinski definition) is 1. The molecule has 0 amide bonds. The van der Waals surface area contributed by atoms with Gasteiger partial charge in [0.05, 0.1) is 6.61 Å². The van der Waals surface area contributed by atoms with Gasteiger partial charge in [-0.1, -0.05) is 23.7 Å². The lowest BCUT2D eigenvalue weighted by Crippen LogP contribution is -2.03. The molecule has 0 aliphatic carbocycles. The van der Waals surface area contributed by atoms with Gasteiger partial charge in [0.25, 0.3) is 0 Å². The Morgan fingerprint density at radius 2 is 2.12 bits per heavy atom. The number of benzene rings is 1. The minimum Gasteiger partial charge on any atom is -0.390 e. The predicted molar refractivity (Wildman–Crippen MR) is 65.6 cm³/mol. The van der Waals surface area contributed by atoms with E-state index in [4.69, 9.17) is 16.7 Å². The van der Waals surface area contributed by atoms with Crippen molar-refractivity contribution in [1.29, 1.82) is 0 Å². The molecule has 1 N–H and O–H groups in total. The van der Waals surface area contributed by atoms with Crippen molar-refractivity contribution in [2.75, 3.05) is 0 Å². The third-order valence-corrected chi connectivity index (χ3v) is 2.99. The van der Waals surface area contributed by atoms with Crippen LogP contribution in [0.25, 0.3) is 0 Å². The largest absolute Gasteiger partial charge is 0.390 e. The molecular weight excluding hydrogens is 222 g/mol. The lowest BCUT2D eigenvalue weighted by atomic mass is 10.1. The topological polar surface area (TPSA) is 25.2 Å². The molecule has 0 radical (unpaired) electrons. The second-order valence-corrected chi connectivity index (χ2v) is 4.29. The van der Waals surface area contributed by atoms with Crippen molar-refractivity contribution in [1.82, 2.24) is 4.57 Å². The quantitative estimate of drug-likeness (QED) is 0.870. The van der Waals surface area contributed by atoms with Crippen LogP contribution in [0.1, 0.15) is 16.8 Å². The van der Waals surface area contributed by atoms with E-state index in [1.165, 1.54) is 0 Å². The molecule has 3 heteroatoms. The second kappa shape index (κ2) is 4.73. The number of hydrogen-bond acceptors (Lipinski definition) is 1. The van der Waals surface area contributed by atoms with E-state index in [2.05, 4.69) is 0 Å². The Kier molecular flexibility index (Phi) is 3.32.